The number of aromatic nitrogens is 3. The van der Waals surface area contributed by atoms with Gasteiger partial charge in [0.1, 0.15) is 24.1 Å². The summed E-state index contributed by atoms with van der Waals surface area (Å²) in [5, 5.41) is 7.04. The smallest absolute Gasteiger partial charge is 0.218 e. The molecule has 2 atom stereocenters. The summed E-state index contributed by atoms with van der Waals surface area (Å²) in [6.45, 7) is 5.98. The summed E-state index contributed by atoms with van der Waals surface area (Å²) >= 11 is 0. The molecule has 7 nitrogen and oxygen atoms in total. The number of ether oxygens (including phenoxy) is 1. The van der Waals surface area contributed by atoms with Crippen LogP contribution in [0.3, 0.4) is 0 Å². The second-order valence-electron chi connectivity index (χ2n) is 5.88. The third kappa shape index (κ3) is 4.00. The summed E-state index contributed by atoms with van der Waals surface area (Å²) in [5.74, 6) is 1.99. The van der Waals surface area contributed by atoms with Crippen molar-refractivity contribution in [1.29, 1.82) is 0 Å². The number of alkyl halides is 1. The van der Waals surface area contributed by atoms with Crippen LogP contribution in [0.4, 0.5) is 10.2 Å². The lowest BCUT2D eigenvalue weighted by atomic mass is 10.2. The maximum Gasteiger partial charge on any atom is 0.218 e. The first kappa shape index (κ1) is 16.6. The number of nitrogens with zero attached hydrogens (tertiary/aromatic N) is 4. The Labute approximate surface area is 140 Å². The molecule has 3 heterocycles. The molecule has 0 bridgehead atoms. The van der Waals surface area contributed by atoms with Crippen LogP contribution in [0.15, 0.2) is 23.1 Å². The molecule has 1 aliphatic rings. The van der Waals surface area contributed by atoms with Crippen LogP contribution >= 0.6 is 0 Å². The first-order valence-corrected chi connectivity index (χ1v) is 8.12. The first-order chi connectivity index (χ1) is 11.7. The maximum absolute atomic E-state index is 13.9. The quantitative estimate of drug-likeness (QED) is 0.831. The van der Waals surface area contributed by atoms with Gasteiger partial charge < -0.3 is 14.6 Å². The molecule has 2 aromatic rings. The van der Waals surface area contributed by atoms with E-state index in [1.807, 2.05) is 13.8 Å². The van der Waals surface area contributed by atoms with E-state index < -0.39 is 6.17 Å². The molecule has 2 aromatic heterocycles. The fraction of sp³-hybridized carbons (Fsp3) is 0.562. The van der Waals surface area contributed by atoms with E-state index in [9.17, 15) is 4.39 Å². The fourth-order valence-electron chi connectivity index (χ4n) is 2.90. The SMILES string of the molecule is CCOc1cc(NC[C@@H]2C[C@H](F)CN2Cc2cnoc2C)ncn1. The highest BCUT2D eigenvalue weighted by Crippen LogP contribution is 2.24. The predicted molar refractivity (Wildman–Crippen MR) is 86.6 cm³/mol. The standard InChI is InChI=1S/C16H22FN5O2/c1-3-23-16-5-15(19-10-20-16)18-7-14-4-13(17)9-22(14)8-12-6-21-24-11(12)2/h5-6,10,13-14H,3-4,7-9H2,1-2H3,(H,18,19,20)/t13-,14-/m0/s1. The predicted octanol–water partition coefficient (Wildman–Crippen LogP) is 2.20. The highest BCUT2D eigenvalue weighted by molar-refractivity contribution is 5.37. The third-order valence-electron chi connectivity index (χ3n) is 4.15. The van der Waals surface area contributed by atoms with Gasteiger partial charge in [0, 0.05) is 37.3 Å². The molecule has 8 heteroatoms. The van der Waals surface area contributed by atoms with Gasteiger partial charge in [0.2, 0.25) is 5.88 Å². The number of hydrogen-bond acceptors (Lipinski definition) is 7. The van der Waals surface area contributed by atoms with E-state index in [0.29, 0.717) is 44.4 Å². The van der Waals surface area contributed by atoms with Crippen LogP contribution in [0.2, 0.25) is 0 Å². The highest BCUT2D eigenvalue weighted by Gasteiger charge is 2.32. The van der Waals surface area contributed by atoms with Crippen molar-refractivity contribution in [3.63, 3.8) is 0 Å². The average Bonchev–Trinajstić information content (AvgIpc) is 3.12. The Kier molecular flexibility index (Phi) is 5.24. The lowest BCUT2D eigenvalue weighted by molar-refractivity contribution is 0.240. The topological polar surface area (TPSA) is 76.3 Å². The van der Waals surface area contributed by atoms with Gasteiger partial charge in [-0.2, -0.15) is 0 Å². The molecule has 1 fully saturated rings. The van der Waals surface area contributed by atoms with Crippen molar-refractivity contribution in [2.24, 2.45) is 0 Å². The molecule has 3 rings (SSSR count). The number of aryl methyl sites for hydroxylation is 1. The Balaban J connectivity index is 1.60. The van der Waals surface area contributed by atoms with Gasteiger partial charge in [-0.3, -0.25) is 4.90 Å². The number of nitrogens with one attached hydrogen (secondary N) is 1. The van der Waals surface area contributed by atoms with Gasteiger partial charge in [-0.15, -0.1) is 0 Å². The second kappa shape index (κ2) is 7.57. The van der Waals surface area contributed by atoms with Gasteiger partial charge in [-0.25, -0.2) is 14.4 Å². The Morgan fingerprint density at radius 3 is 3.08 bits per heavy atom. The van der Waals surface area contributed by atoms with Crippen molar-refractivity contribution in [2.75, 3.05) is 25.0 Å². The molecule has 130 valence electrons. The Morgan fingerprint density at radius 1 is 1.46 bits per heavy atom. The van der Waals surface area contributed by atoms with Crippen molar-refractivity contribution in [2.45, 2.75) is 39.0 Å². The van der Waals surface area contributed by atoms with Crippen LogP contribution in [0.25, 0.3) is 0 Å². The zero-order chi connectivity index (χ0) is 16.9. The van der Waals surface area contributed by atoms with Gasteiger partial charge in [0.25, 0.3) is 0 Å². The van der Waals surface area contributed by atoms with Gasteiger partial charge in [0.15, 0.2) is 0 Å². The first-order valence-electron chi connectivity index (χ1n) is 8.12. The van der Waals surface area contributed by atoms with E-state index in [0.717, 1.165) is 11.3 Å². The molecular weight excluding hydrogens is 313 g/mol. The number of rotatable bonds is 7. The van der Waals surface area contributed by atoms with Gasteiger partial charge in [-0.1, -0.05) is 5.16 Å². The molecule has 0 amide bonds. The lowest BCUT2D eigenvalue weighted by Crippen LogP contribution is -2.34. The second-order valence-corrected chi connectivity index (χ2v) is 5.88. The molecule has 0 spiro atoms. The van der Waals surface area contributed by atoms with E-state index in [1.165, 1.54) is 6.33 Å². The molecule has 0 radical (unpaired) electrons. The summed E-state index contributed by atoms with van der Waals surface area (Å²) in [6, 6.07) is 1.83. The molecule has 0 saturated carbocycles. The largest absolute Gasteiger partial charge is 0.478 e. The highest BCUT2D eigenvalue weighted by atomic mass is 19.1. The third-order valence-corrected chi connectivity index (χ3v) is 4.15. The summed E-state index contributed by atoms with van der Waals surface area (Å²) < 4.78 is 24.3. The van der Waals surface area contributed by atoms with Crippen LogP contribution < -0.4 is 10.1 Å². The molecular formula is C16H22FN5O2. The van der Waals surface area contributed by atoms with Gasteiger partial charge in [-0.05, 0) is 20.3 Å². The Morgan fingerprint density at radius 2 is 2.33 bits per heavy atom. The van der Waals surface area contributed by atoms with Crippen molar-refractivity contribution < 1.29 is 13.7 Å². The normalized spacial score (nSPS) is 21.1. The monoisotopic (exact) mass is 335 g/mol. The Hall–Kier alpha value is -2.22. The number of anilines is 1. The Bertz CT molecular complexity index is 665. The van der Waals surface area contributed by atoms with E-state index in [4.69, 9.17) is 9.26 Å². The number of halogens is 1. The van der Waals surface area contributed by atoms with Crippen LogP contribution in [-0.4, -0.2) is 51.9 Å². The number of likely N-dealkylation sites (tertiary alicyclic amines) is 1. The zero-order valence-electron chi connectivity index (χ0n) is 13.9. The van der Waals surface area contributed by atoms with Crippen LogP contribution in [0.5, 0.6) is 5.88 Å². The van der Waals surface area contributed by atoms with Gasteiger partial charge >= 0.3 is 0 Å². The van der Waals surface area contributed by atoms with E-state index in [-0.39, 0.29) is 6.04 Å². The summed E-state index contributed by atoms with van der Waals surface area (Å²) in [7, 11) is 0. The minimum atomic E-state index is -0.818. The lowest BCUT2D eigenvalue weighted by Gasteiger charge is -2.24. The molecule has 0 unspecified atom stereocenters. The molecule has 0 aliphatic carbocycles. The van der Waals surface area contributed by atoms with Crippen LogP contribution in [-0.2, 0) is 6.54 Å². The maximum atomic E-state index is 13.9. The van der Waals surface area contributed by atoms with E-state index >= 15 is 0 Å². The summed E-state index contributed by atoms with van der Waals surface area (Å²) in [5.41, 5.74) is 0.995. The minimum absolute atomic E-state index is 0.0832. The molecule has 1 saturated heterocycles. The zero-order valence-corrected chi connectivity index (χ0v) is 13.9. The van der Waals surface area contributed by atoms with Crippen LogP contribution in [0.1, 0.15) is 24.7 Å². The van der Waals surface area contributed by atoms with Crippen molar-refractivity contribution in [3.05, 3.63) is 29.9 Å². The van der Waals surface area contributed by atoms with Crippen molar-refractivity contribution >= 4 is 5.82 Å². The summed E-state index contributed by atoms with van der Waals surface area (Å²) in [4.78, 5) is 10.3. The number of hydrogen-bond donors (Lipinski definition) is 1. The van der Waals surface area contributed by atoms with E-state index in [2.05, 4.69) is 25.3 Å². The average molecular weight is 335 g/mol. The molecule has 0 aromatic carbocycles. The minimum Gasteiger partial charge on any atom is -0.478 e. The van der Waals surface area contributed by atoms with Crippen molar-refractivity contribution in [1.82, 2.24) is 20.0 Å². The molecule has 1 aliphatic heterocycles. The van der Waals surface area contributed by atoms with E-state index in [1.54, 1.807) is 12.3 Å². The molecule has 1 N–H and O–H groups in total. The summed E-state index contributed by atoms with van der Waals surface area (Å²) in [6.07, 6.45) is 2.84. The van der Waals surface area contributed by atoms with Crippen molar-refractivity contribution in [3.8, 4) is 5.88 Å². The fourth-order valence-corrected chi connectivity index (χ4v) is 2.90. The molecule has 24 heavy (non-hydrogen) atoms. The van der Waals surface area contributed by atoms with Gasteiger partial charge in [0.05, 0.1) is 12.8 Å². The van der Waals surface area contributed by atoms with Crippen LogP contribution in [0, 0.1) is 6.92 Å².